The van der Waals surface area contributed by atoms with Gasteiger partial charge in [0.2, 0.25) is 0 Å². The summed E-state index contributed by atoms with van der Waals surface area (Å²) in [6, 6.07) is 13.8. The molecule has 4 aromatic rings. The third kappa shape index (κ3) is 2.42. The van der Waals surface area contributed by atoms with E-state index in [1.54, 1.807) is 12.1 Å². The summed E-state index contributed by atoms with van der Waals surface area (Å²) in [5.74, 6) is 0.193. The molecule has 0 saturated heterocycles. The van der Waals surface area contributed by atoms with Crippen LogP contribution in [0.15, 0.2) is 48.5 Å². The van der Waals surface area contributed by atoms with E-state index >= 15 is 0 Å². The normalized spacial score (nSPS) is 11.2. The Hall–Kier alpha value is -3.15. The molecule has 1 amide bonds. The van der Waals surface area contributed by atoms with Crippen molar-refractivity contribution in [1.29, 1.82) is 0 Å². The van der Waals surface area contributed by atoms with Crippen LogP contribution >= 0.6 is 0 Å². The van der Waals surface area contributed by atoms with Gasteiger partial charge in [-0.2, -0.15) is 0 Å². The molecule has 0 saturated carbocycles. The van der Waals surface area contributed by atoms with E-state index in [0.717, 1.165) is 22.4 Å². The Morgan fingerprint density at radius 2 is 2.08 bits per heavy atom. The number of carbonyl (C=O) groups is 1. The second kappa shape index (κ2) is 5.49. The molecule has 2 N–H and O–H groups in total. The molecule has 0 spiro atoms. The number of nitrogens with zero attached hydrogens (tertiary/aromatic N) is 2. The molecule has 4 rings (SSSR count). The maximum absolute atomic E-state index is 13.2. The van der Waals surface area contributed by atoms with Crippen molar-refractivity contribution in [3.63, 3.8) is 0 Å². The smallest absolute Gasteiger partial charge is 0.268 e. The third-order valence-electron chi connectivity index (χ3n) is 4.11. The van der Waals surface area contributed by atoms with Crippen LogP contribution in [0.1, 0.15) is 16.3 Å². The van der Waals surface area contributed by atoms with Crippen molar-refractivity contribution in [2.45, 2.75) is 6.54 Å². The maximum atomic E-state index is 13.2. The van der Waals surface area contributed by atoms with Gasteiger partial charge in [-0.3, -0.25) is 4.79 Å². The molecule has 0 unspecified atom stereocenters. The van der Waals surface area contributed by atoms with Crippen LogP contribution in [0, 0.1) is 5.82 Å². The predicted molar refractivity (Wildman–Crippen MR) is 90.1 cm³/mol. The standard InChI is InChI=1S/C18H15FN4O/c1-23-16-5-3-2-4-14(16)22-17(23)10-20-18(24)15-9-11-8-12(19)6-7-13(11)21-15/h2-9,21H,10H2,1H3,(H,20,24). The Kier molecular flexibility index (Phi) is 3.30. The first-order chi connectivity index (χ1) is 11.6. The van der Waals surface area contributed by atoms with Crippen LogP contribution in [0.25, 0.3) is 21.9 Å². The number of rotatable bonds is 3. The molecular weight excluding hydrogens is 307 g/mol. The summed E-state index contributed by atoms with van der Waals surface area (Å²) in [7, 11) is 1.92. The Balaban J connectivity index is 1.55. The number of imidazole rings is 1. The topological polar surface area (TPSA) is 62.7 Å². The van der Waals surface area contributed by atoms with E-state index in [0.29, 0.717) is 17.6 Å². The number of para-hydroxylation sites is 2. The highest BCUT2D eigenvalue weighted by Crippen LogP contribution is 2.17. The van der Waals surface area contributed by atoms with Gasteiger partial charge in [-0.1, -0.05) is 12.1 Å². The lowest BCUT2D eigenvalue weighted by Gasteiger charge is -2.04. The second-order valence-electron chi connectivity index (χ2n) is 5.67. The van der Waals surface area contributed by atoms with Gasteiger partial charge >= 0.3 is 0 Å². The molecule has 2 aromatic carbocycles. The molecule has 0 aliphatic heterocycles. The van der Waals surface area contributed by atoms with Crippen molar-refractivity contribution in [3.05, 3.63) is 65.9 Å². The molecular formula is C18H15FN4O. The van der Waals surface area contributed by atoms with E-state index in [-0.39, 0.29) is 11.7 Å². The van der Waals surface area contributed by atoms with Gasteiger partial charge < -0.3 is 14.9 Å². The van der Waals surface area contributed by atoms with Gasteiger partial charge in [0, 0.05) is 18.0 Å². The summed E-state index contributed by atoms with van der Waals surface area (Å²) in [6.07, 6.45) is 0. The number of hydrogen-bond acceptors (Lipinski definition) is 2. The molecule has 2 heterocycles. The molecule has 24 heavy (non-hydrogen) atoms. The molecule has 0 bridgehead atoms. The zero-order valence-electron chi connectivity index (χ0n) is 13.0. The van der Waals surface area contributed by atoms with E-state index in [4.69, 9.17) is 0 Å². The van der Waals surface area contributed by atoms with Crippen LogP contribution in [0.3, 0.4) is 0 Å². The van der Waals surface area contributed by atoms with E-state index in [1.165, 1.54) is 12.1 Å². The molecule has 0 aliphatic rings. The van der Waals surface area contributed by atoms with Gasteiger partial charge in [-0.05, 0) is 36.4 Å². The van der Waals surface area contributed by atoms with E-state index in [1.807, 2.05) is 35.9 Å². The first kappa shape index (κ1) is 14.4. The van der Waals surface area contributed by atoms with Crippen LogP contribution in [0.2, 0.25) is 0 Å². The number of benzene rings is 2. The van der Waals surface area contributed by atoms with Crippen LogP contribution in [0.4, 0.5) is 4.39 Å². The molecule has 0 aliphatic carbocycles. The number of carbonyl (C=O) groups excluding carboxylic acids is 1. The number of amides is 1. The number of H-pyrrole nitrogens is 1. The van der Waals surface area contributed by atoms with E-state index < -0.39 is 0 Å². The predicted octanol–water partition coefficient (Wildman–Crippen LogP) is 3.12. The zero-order valence-corrected chi connectivity index (χ0v) is 13.0. The summed E-state index contributed by atoms with van der Waals surface area (Å²) in [6.45, 7) is 0.313. The van der Waals surface area contributed by atoms with Crippen LogP contribution < -0.4 is 5.32 Å². The highest BCUT2D eigenvalue weighted by Gasteiger charge is 2.12. The highest BCUT2D eigenvalue weighted by atomic mass is 19.1. The minimum Gasteiger partial charge on any atom is -0.351 e. The van der Waals surface area contributed by atoms with Gasteiger partial charge in [-0.25, -0.2) is 9.37 Å². The largest absolute Gasteiger partial charge is 0.351 e. The van der Waals surface area contributed by atoms with Crippen molar-refractivity contribution in [1.82, 2.24) is 19.9 Å². The van der Waals surface area contributed by atoms with Gasteiger partial charge in [-0.15, -0.1) is 0 Å². The maximum Gasteiger partial charge on any atom is 0.268 e. The lowest BCUT2D eigenvalue weighted by Crippen LogP contribution is -2.24. The highest BCUT2D eigenvalue weighted by molar-refractivity contribution is 5.98. The second-order valence-corrected chi connectivity index (χ2v) is 5.67. The zero-order chi connectivity index (χ0) is 16.7. The molecule has 5 nitrogen and oxygen atoms in total. The lowest BCUT2D eigenvalue weighted by molar-refractivity contribution is 0.0945. The Bertz CT molecular complexity index is 1060. The van der Waals surface area contributed by atoms with Crippen molar-refractivity contribution in [2.24, 2.45) is 7.05 Å². The fraction of sp³-hybridized carbons (Fsp3) is 0.111. The van der Waals surface area contributed by atoms with Crippen molar-refractivity contribution >= 4 is 27.8 Å². The summed E-state index contributed by atoms with van der Waals surface area (Å²) >= 11 is 0. The molecule has 0 fully saturated rings. The average Bonchev–Trinajstić information content (AvgIpc) is 3.14. The number of aromatic nitrogens is 3. The number of aromatic amines is 1. The molecule has 120 valence electrons. The average molecular weight is 322 g/mol. The van der Waals surface area contributed by atoms with Gasteiger partial charge in [0.15, 0.2) is 0 Å². The SMILES string of the molecule is Cn1c(CNC(=O)c2cc3cc(F)ccc3[nH]2)nc2ccccc21. The minimum atomic E-state index is -0.326. The Morgan fingerprint density at radius 3 is 2.92 bits per heavy atom. The van der Waals surface area contributed by atoms with Crippen LogP contribution in [-0.2, 0) is 13.6 Å². The molecule has 0 radical (unpaired) electrons. The third-order valence-corrected chi connectivity index (χ3v) is 4.11. The van der Waals surface area contributed by atoms with Crippen molar-refractivity contribution in [2.75, 3.05) is 0 Å². The monoisotopic (exact) mass is 322 g/mol. The van der Waals surface area contributed by atoms with Gasteiger partial charge in [0.25, 0.3) is 5.91 Å². The van der Waals surface area contributed by atoms with E-state index in [9.17, 15) is 9.18 Å². The number of nitrogens with one attached hydrogen (secondary N) is 2. The fourth-order valence-corrected chi connectivity index (χ4v) is 2.83. The van der Waals surface area contributed by atoms with Crippen LogP contribution in [0.5, 0.6) is 0 Å². The van der Waals surface area contributed by atoms with Gasteiger partial charge in [0.1, 0.15) is 17.3 Å². The summed E-state index contributed by atoms with van der Waals surface area (Å²) in [4.78, 5) is 19.8. The number of fused-ring (bicyclic) bond motifs is 2. The van der Waals surface area contributed by atoms with Gasteiger partial charge in [0.05, 0.1) is 17.6 Å². The first-order valence-corrected chi connectivity index (χ1v) is 7.58. The summed E-state index contributed by atoms with van der Waals surface area (Å²) in [5.41, 5.74) is 3.03. The number of halogens is 1. The Labute approximate surface area is 137 Å². The first-order valence-electron chi connectivity index (χ1n) is 7.58. The van der Waals surface area contributed by atoms with Crippen molar-refractivity contribution in [3.8, 4) is 0 Å². The summed E-state index contributed by atoms with van der Waals surface area (Å²) in [5, 5.41) is 3.51. The number of hydrogen-bond donors (Lipinski definition) is 2. The molecule has 0 atom stereocenters. The van der Waals surface area contributed by atoms with Crippen LogP contribution in [-0.4, -0.2) is 20.4 Å². The lowest BCUT2D eigenvalue weighted by atomic mass is 10.2. The fourth-order valence-electron chi connectivity index (χ4n) is 2.83. The molecule has 6 heteroatoms. The molecule has 2 aromatic heterocycles. The number of aryl methyl sites for hydroxylation is 1. The summed E-state index contributed by atoms with van der Waals surface area (Å²) < 4.78 is 15.2. The van der Waals surface area contributed by atoms with Crippen molar-refractivity contribution < 1.29 is 9.18 Å². The van der Waals surface area contributed by atoms with E-state index in [2.05, 4.69) is 15.3 Å². The quantitative estimate of drug-likeness (QED) is 0.609. The Morgan fingerprint density at radius 1 is 1.25 bits per heavy atom. The minimum absolute atomic E-state index is 0.251.